The Hall–Kier alpha value is -0.0800. The van der Waals surface area contributed by atoms with Crippen LogP contribution in [0.2, 0.25) is 0 Å². The molecule has 1 atom stereocenters. The summed E-state index contributed by atoms with van der Waals surface area (Å²) in [6.07, 6.45) is 2.59. The highest BCUT2D eigenvalue weighted by molar-refractivity contribution is 4.72. The van der Waals surface area contributed by atoms with Crippen LogP contribution in [0.4, 0.5) is 0 Å². The lowest BCUT2D eigenvalue weighted by atomic mass is 10.1. The van der Waals surface area contributed by atoms with Crippen LogP contribution in [0.5, 0.6) is 0 Å². The van der Waals surface area contributed by atoms with Crippen LogP contribution in [-0.4, -0.2) is 37.1 Å². The van der Waals surface area contributed by atoms with Crippen LogP contribution < -0.4 is 5.32 Å². The molecule has 0 fully saturated rings. The molecule has 0 aromatic carbocycles. The predicted molar refractivity (Wildman–Crippen MR) is 69.3 cm³/mol. The molecule has 0 radical (unpaired) electrons. The Morgan fingerprint density at radius 1 is 1.00 bits per heavy atom. The van der Waals surface area contributed by atoms with Crippen LogP contribution in [0.1, 0.15) is 47.5 Å². The molecule has 0 aliphatic heterocycles. The largest absolute Gasteiger partial charge is 0.315 e. The van der Waals surface area contributed by atoms with Crippen LogP contribution in [0, 0.1) is 5.92 Å². The zero-order valence-electron chi connectivity index (χ0n) is 11.3. The van der Waals surface area contributed by atoms with Crippen LogP contribution in [-0.2, 0) is 0 Å². The van der Waals surface area contributed by atoms with Gasteiger partial charge in [0.2, 0.25) is 0 Å². The van der Waals surface area contributed by atoms with Gasteiger partial charge in [0.15, 0.2) is 0 Å². The minimum atomic E-state index is 0.726. The van der Waals surface area contributed by atoms with Gasteiger partial charge in [-0.15, -0.1) is 0 Å². The average molecular weight is 214 g/mol. The van der Waals surface area contributed by atoms with Gasteiger partial charge in [0.1, 0.15) is 0 Å². The van der Waals surface area contributed by atoms with Gasteiger partial charge in [0.05, 0.1) is 0 Å². The van der Waals surface area contributed by atoms with E-state index in [9.17, 15) is 0 Å². The highest BCUT2D eigenvalue weighted by Crippen LogP contribution is 2.06. The molecule has 92 valence electrons. The molecule has 0 spiro atoms. The second kappa shape index (κ2) is 9.17. The summed E-state index contributed by atoms with van der Waals surface area (Å²) < 4.78 is 0. The maximum Gasteiger partial charge on any atom is 0.0220 e. The minimum Gasteiger partial charge on any atom is -0.315 e. The smallest absolute Gasteiger partial charge is 0.0220 e. The summed E-state index contributed by atoms with van der Waals surface area (Å²) >= 11 is 0. The number of rotatable bonds is 9. The summed E-state index contributed by atoms with van der Waals surface area (Å²) in [6.45, 7) is 15.9. The summed E-state index contributed by atoms with van der Waals surface area (Å²) in [4.78, 5) is 2.57. The van der Waals surface area contributed by atoms with Crippen LogP contribution >= 0.6 is 0 Å². The van der Waals surface area contributed by atoms with Gasteiger partial charge in [-0.25, -0.2) is 0 Å². The maximum absolute atomic E-state index is 3.58. The summed E-state index contributed by atoms with van der Waals surface area (Å²) in [5, 5.41) is 3.58. The van der Waals surface area contributed by atoms with Crippen LogP contribution in [0.15, 0.2) is 0 Å². The molecular formula is C13H30N2. The van der Waals surface area contributed by atoms with E-state index in [2.05, 4.69) is 44.8 Å². The molecule has 1 unspecified atom stereocenters. The highest BCUT2D eigenvalue weighted by Gasteiger charge is 2.13. The fourth-order valence-electron chi connectivity index (χ4n) is 2.03. The molecule has 0 heterocycles. The summed E-state index contributed by atoms with van der Waals surface area (Å²) in [6, 6.07) is 0.726. The van der Waals surface area contributed by atoms with Gasteiger partial charge >= 0.3 is 0 Å². The van der Waals surface area contributed by atoms with Crippen molar-refractivity contribution in [2.75, 3.05) is 26.2 Å². The Bertz CT molecular complexity index is 130. The molecule has 0 aliphatic rings. The Kier molecular flexibility index (Phi) is 9.12. The SMILES string of the molecule is CCCC(CNCC(C)C)N(CC)CC. The number of hydrogen-bond acceptors (Lipinski definition) is 2. The third-order valence-corrected chi connectivity index (χ3v) is 2.88. The van der Waals surface area contributed by atoms with Crippen molar-refractivity contribution in [3.63, 3.8) is 0 Å². The van der Waals surface area contributed by atoms with Crippen molar-refractivity contribution in [2.45, 2.75) is 53.5 Å². The normalized spacial score (nSPS) is 13.8. The first-order chi connectivity index (χ1) is 7.15. The number of hydrogen-bond donors (Lipinski definition) is 1. The standard InChI is InChI=1S/C13H30N2/c1-6-9-13(15(7-2)8-3)11-14-10-12(4)5/h12-14H,6-11H2,1-5H3. The van der Waals surface area contributed by atoms with E-state index in [0.717, 1.165) is 25.0 Å². The predicted octanol–water partition coefficient (Wildman–Crippen LogP) is 2.74. The van der Waals surface area contributed by atoms with Crippen molar-refractivity contribution in [1.29, 1.82) is 0 Å². The monoisotopic (exact) mass is 214 g/mol. The lowest BCUT2D eigenvalue weighted by Gasteiger charge is -2.30. The lowest BCUT2D eigenvalue weighted by molar-refractivity contribution is 0.198. The molecule has 2 heteroatoms. The summed E-state index contributed by atoms with van der Waals surface area (Å²) in [5.41, 5.74) is 0. The van der Waals surface area contributed by atoms with E-state index < -0.39 is 0 Å². The fraction of sp³-hybridized carbons (Fsp3) is 1.00. The van der Waals surface area contributed by atoms with E-state index in [-0.39, 0.29) is 0 Å². The van der Waals surface area contributed by atoms with Gasteiger partial charge in [0, 0.05) is 12.6 Å². The number of nitrogens with zero attached hydrogens (tertiary/aromatic N) is 1. The van der Waals surface area contributed by atoms with E-state index in [0.29, 0.717) is 0 Å². The van der Waals surface area contributed by atoms with Gasteiger partial charge in [-0.1, -0.05) is 41.0 Å². The third kappa shape index (κ3) is 6.91. The Balaban J connectivity index is 3.91. The Morgan fingerprint density at radius 2 is 1.60 bits per heavy atom. The topological polar surface area (TPSA) is 15.3 Å². The molecule has 0 bridgehead atoms. The zero-order valence-corrected chi connectivity index (χ0v) is 11.3. The number of nitrogens with one attached hydrogen (secondary N) is 1. The van der Waals surface area contributed by atoms with Crippen molar-refractivity contribution in [3.8, 4) is 0 Å². The van der Waals surface area contributed by atoms with E-state index in [1.807, 2.05) is 0 Å². The second-order valence-electron chi connectivity index (χ2n) is 4.72. The highest BCUT2D eigenvalue weighted by atomic mass is 15.2. The summed E-state index contributed by atoms with van der Waals surface area (Å²) in [7, 11) is 0. The van der Waals surface area contributed by atoms with Crippen molar-refractivity contribution < 1.29 is 0 Å². The molecule has 1 N–H and O–H groups in total. The maximum atomic E-state index is 3.58. The Morgan fingerprint density at radius 3 is 2.00 bits per heavy atom. The van der Waals surface area contributed by atoms with Gasteiger partial charge in [-0.05, 0) is 32.0 Å². The lowest BCUT2D eigenvalue weighted by Crippen LogP contribution is -2.42. The van der Waals surface area contributed by atoms with Crippen molar-refractivity contribution in [2.24, 2.45) is 5.92 Å². The molecule has 0 saturated heterocycles. The quantitative estimate of drug-likeness (QED) is 0.635. The van der Waals surface area contributed by atoms with Crippen molar-refractivity contribution >= 4 is 0 Å². The van der Waals surface area contributed by atoms with Gasteiger partial charge in [-0.3, -0.25) is 4.90 Å². The first-order valence-corrected chi connectivity index (χ1v) is 6.60. The van der Waals surface area contributed by atoms with Gasteiger partial charge in [0.25, 0.3) is 0 Å². The van der Waals surface area contributed by atoms with Crippen molar-refractivity contribution in [1.82, 2.24) is 10.2 Å². The Labute approximate surface area is 96.4 Å². The van der Waals surface area contributed by atoms with Crippen LogP contribution in [0.25, 0.3) is 0 Å². The van der Waals surface area contributed by atoms with E-state index in [1.165, 1.54) is 25.9 Å². The zero-order chi connectivity index (χ0) is 11.7. The molecule has 0 saturated carbocycles. The van der Waals surface area contributed by atoms with E-state index in [4.69, 9.17) is 0 Å². The third-order valence-electron chi connectivity index (χ3n) is 2.88. The molecular weight excluding hydrogens is 184 g/mol. The minimum absolute atomic E-state index is 0.726. The number of likely N-dealkylation sites (N-methyl/N-ethyl adjacent to an activating group) is 1. The van der Waals surface area contributed by atoms with E-state index >= 15 is 0 Å². The second-order valence-corrected chi connectivity index (χ2v) is 4.72. The fourth-order valence-corrected chi connectivity index (χ4v) is 2.03. The average Bonchev–Trinajstić information content (AvgIpc) is 2.19. The van der Waals surface area contributed by atoms with E-state index in [1.54, 1.807) is 0 Å². The van der Waals surface area contributed by atoms with Crippen molar-refractivity contribution in [3.05, 3.63) is 0 Å². The van der Waals surface area contributed by atoms with Gasteiger partial charge < -0.3 is 5.32 Å². The molecule has 0 aromatic rings. The molecule has 0 aliphatic carbocycles. The molecule has 2 nitrogen and oxygen atoms in total. The first-order valence-electron chi connectivity index (χ1n) is 6.60. The molecule has 0 aromatic heterocycles. The van der Waals surface area contributed by atoms with Crippen LogP contribution in [0.3, 0.4) is 0 Å². The first kappa shape index (κ1) is 14.9. The molecule has 0 rings (SSSR count). The summed E-state index contributed by atoms with van der Waals surface area (Å²) in [5.74, 6) is 0.754. The van der Waals surface area contributed by atoms with Gasteiger partial charge in [-0.2, -0.15) is 0 Å². The molecule has 15 heavy (non-hydrogen) atoms. The molecule has 0 amide bonds.